The van der Waals surface area contributed by atoms with E-state index in [9.17, 15) is 9.59 Å². The summed E-state index contributed by atoms with van der Waals surface area (Å²) in [4.78, 5) is 17.0. The molecule has 0 spiro atoms. The van der Waals surface area contributed by atoms with E-state index in [2.05, 4.69) is 0 Å². The number of allylic oxidation sites excluding steroid dienone is 1. The zero-order valence-corrected chi connectivity index (χ0v) is 12.7. The Hall–Kier alpha value is 0.420. The van der Waals surface area contributed by atoms with E-state index in [4.69, 9.17) is 79.8 Å². The maximum absolute atomic E-state index is 11.3. The number of carbonyl (C=O) groups is 2. The molecule has 1 aliphatic carbocycles. The fraction of sp³-hybridized carbons (Fsp3) is 0.500. The van der Waals surface area contributed by atoms with Crippen LogP contribution < -0.4 is 0 Å². The van der Waals surface area contributed by atoms with Crippen LogP contribution in [0.2, 0.25) is 0 Å². The van der Waals surface area contributed by atoms with E-state index in [0.717, 1.165) is 12.2 Å². The molecule has 1 rings (SSSR count). The van der Waals surface area contributed by atoms with Gasteiger partial charge in [0.2, 0.25) is 4.87 Å². The minimum Gasteiger partial charge on any atom is -0.480 e. The molecule has 0 aromatic heterocycles. The number of hydrogen-bond donors (Lipinski definition) is 2. The number of rotatable bonds is 2. The second-order valence-electron chi connectivity index (χ2n) is 3.51. The number of carboxylic acids is 2. The molecule has 0 amide bonds. The van der Waals surface area contributed by atoms with Gasteiger partial charge in [-0.15, -0.1) is 11.6 Å². The molecule has 0 bridgehead atoms. The van der Waals surface area contributed by atoms with E-state index in [1.165, 1.54) is 0 Å². The van der Waals surface area contributed by atoms with Crippen molar-refractivity contribution in [2.24, 2.45) is 0 Å². The number of hydrogen-bond acceptors (Lipinski definition) is 2. The van der Waals surface area contributed by atoms with Crippen molar-refractivity contribution in [2.45, 2.75) is 18.4 Å². The first-order valence-corrected chi connectivity index (χ1v) is 6.42. The van der Waals surface area contributed by atoms with Crippen molar-refractivity contribution < 1.29 is 19.8 Å². The highest BCUT2D eigenvalue weighted by Gasteiger charge is 2.76. The lowest BCUT2D eigenvalue weighted by Crippen LogP contribution is -2.70. The Morgan fingerprint density at radius 3 is 1.61 bits per heavy atom. The lowest BCUT2D eigenvalue weighted by molar-refractivity contribution is -0.149. The van der Waals surface area contributed by atoms with Gasteiger partial charge in [0.1, 0.15) is 0 Å². The smallest absolute Gasteiger partial charge is 0.331 e. The van der Waals surface area contributed by atoms with Gasteiger partial charge in [-0.25, -0.2) is 4.79 Å². The first-order valence-electron chi connectivity index (χ1n) is 4.15. The Kier molecular flexibility index (Phi) is 4.09. The summed E-state index contributed by atoms with van der Waals surface area (Å²) in [5, 5.41) is 18.2. The summed E-state index contributed by atoms with van der Waals surface area (Å²) >= 11 is 34.6. The molecule has 0 heterocycles. The molecule has 2 N–H and O–H groups in total. The van der Waals surface area contributed by atoms with E-state index in [0.29, 0.717) is 0 Å². The third-order valence-electron chi connectivity index (χ3n) is 2.48. The van der Waals surface area contributed by atoms with Gasteiger partial charge >= 0.3 is 11.9 Å². The van der Waals surface area contributed by atoms with Gasteiger partial charge in [0.05, 0.1) is 0 Å². The average Bonchev–Trinajstić information content (AvgIpc) is 2.21. The normalized spacial score (nSPS) is 37.2. The van der Waals surface area contributed by atoms with Gasteiger partial charge in [-0.3, -0.25) is 4.79 Å². The van der Waals surface area contributed by atoms with Crippen molar-refractivity contribution in [2.75, 3.05) is 0 Å². The minimum atomic E-state index is -2.88. The highest BCUT2D eigenvalue weighted by Crippen LogP contribution is 2.61. The van der Waals surface area contributed by atoms with Crippen LogP contribution in [0.25, 0.3) is 0 Å². The van der Waals surface area contributed by atoms with Crippen LogP contribution in [0.4, 0.5) is 0 Å². The van der Waals surface area contributed by atoms with Crippen LogP contribution in [0.1, 0.15) is 0 Å². The molecule has 102 valence electrons. The first kappa shape index (κ1) is 16.5. The lowest BCUT2D eigenvalue weighted by Gasteiger charge is -2.48. The molecule has 0 aromatic carbocycles. The number of carboxylic acid groups (broad SMARTS) is 2. The topological polar surface area (TPSA) is 74.6 Å². The molecule has 10 heteroatoms. The summed E-state index contributed by atoms with van der Waals surface area (Å²) in [5.74, 6) is -3.63. The number of alkyl halides is 6. The van der Waals surface area contributed by atoms with Gasteiger partial charge in [-0.05, 0) is 6.08 Å². The van der Waals surface area contributed by atoms with Crippen LogP contribution in [-0.4, -0.2) is 40.6 Å². The second kappa shape index (κ2) is 4.47. The molecule has 0 aliphatic heterocycles. The van der Waals surface area contributed by atoms with Crippen molar-refractivity contribution in [3.05, 3.63) is 12.2 Å². The quantitative estimate of drug-likeness (QED) is 0.574. The van der Waals surface area contributed by atoms with Gasteiger partial charge in [-0.2, -0.15) is 0 Å². The molecule has 0 saturated heterocycles. The molecule has 4 nitrogen and oxygen atoms in total. The SMILES string of the molecule is O=C(O)C1(Cl)C=CC(Cl)(Cl)C(Cl)(Cl)C1(Cl)C(=O)O. The second-order valence-corrected chi connectivity index (χ2v) is 7.39. The van der Waals surface area contributed by atoms with E-state index in [1.807, 2.05) is 0 Å². The fourth-order valence-corrected chi connectivity index (χ4v) is 3.17. The molecule has 2 atom stereocenters. The fourth-order valence-electron chi connectivity index (χ4n) is 1.41. The van der Waals surface area contributed by atoms with Crippen LogP contribution in [0.5, 0.6) is 0 Å². The molecular weight excluding hydrogens is 373 g/mol. The van der Waals surface area contributed by atoms with E-state index in [-0.39, 0.29) is 0 Å². The van der Waals surface area contributed by atoms with Crippen molar-refractivity contribution in [3.8, 4) is 0 Å². The zero-order chi connectivity index (χ0) is 14.6. The maximum Gasteiger partial charge on any atom is 0.331 e. The standard InChI is InChI=1S/C8H4Cl6O4/c9-5(3(15)16)1-2-6(10,11)8(13,14)7(5,12)4(17)18/h1-2H,(H,15,16)(H,17,18). The molecule has 0 saturated carbocycles. The van der Waals surface area contributed by atoms with Crippen molar-refractivity contribution in [1.29, 1.82) is 0 Å². The van der Waals surface area contributed by atoms with Crippen LogP contribution in [0.15, 0.2) is 12.2 Å². The van der Waals surface area contributed by atoms with Crippen LogP contribution >= 0.6 is 69.6 Å². The highest BCUT2D eigenvalue weighted by atomic mass is 35.5. The third kappa shape index (κ3) is 1.81. The largest absolute Gasteiger partial charge is 0.480 e. The van der Waals surface area contributed by atoms with Crippen LogP contribution in [0.3, 0.4) is 0 Å². The monoisotopic (exact) mass is 374 g/mol. The van der Waals surface area contributed by atoms with Crippen LogP contribution in [0, 0.1) is 0 Å². The summed E-state index contributed by atoms with van der Waals surface area (Å²) in [5.41, 5.74) is 0. The van der Waals surface area contributed by atoms with Gasteiger partial charge in [-0.1, -0.05) is 64.1 Å². The number of aliphatic carboxylic acids is 2. The van der Waals surface area contributed by atoms with E-state index < -0.39 is 30.4 Å². The van der Waals surface area contributed by atoms with Crippen molar-refractivity contribution in [1.82, 2.24) is 0 Å². The molecule has 0 fully saturated rings. The van der Waals surface area contributed by atoms with E-state index in [1.54, 1.807) is 0 Å². The molecular formula is C8H4Cl6O4. The minimum absolute atomic E-state index is 0.737. The highest BCUT2D eigenvalue weighted by molar-refractivity contribution is 6.69. The predicted octanol–water partition coefficient (Wildman–Crippen LogP) is 3.03. The maximum atomic E-state index is 11.3. The molecule has 18 heavy (non-hydrogen) atoms. The Morgan fingerprint density at radius 2 is 1.28 bits per heavy atom. The predicted molar refractivity (Wildman–Crippen MR) is 70.5 cm³/mol. The van der Waals surface area contributed by atoms with Crippen molar-refractivity contribution >= 4 is 81.5 Å². The molecule has 2 unspecified atom stereocenters. The first-order chi connectivity index (χ1) is 7.84. The molecule has 1 aliphatic rings. The van der Waals surface area contributed by atoms with E-state index >= 15 is 0 Å². The van der Waals surface area contributed by atoms with Gasteiger partial charge < -0.3 is 10.2 Å². The summed E-state index contributed by atoms with van der Waals surface area (Å²) in [6, 6.07) is 0. The Morgan fingerprint density at radius 1 is 0.833 bits per heavy atom. The summed E-state index contributed by atoms with van der Waals surface area (Å²) < 4.78 is -4.73. The van der Waals surface area contributed by atoms with Crippen molar-refractivity contribution in [3.63, 3.8) is 0 Å². The summed E-state index contributed by atoms with van der Waals surface area (Å²) in [6.07, 6.45) is 1.61. The molecule has 0 aromatic rings. The average molecular weight is 377 g/mol. The van der Waals surface area contributed by atoms with Gasteiger partial charge in [0.25, 0.3) is 0 Å². The Labute approximate surface area is 131 Å². The zero-order valence-electron chi connectivity index (χ0n) is 8.13. The van der Waals surface area contributed by atoms with Crippen LogP contribution in [-0.2, 0) is 9.59 Å². The van der Waals surface area contributed by atoms with Gasteiger partial charge in [0.15, 0.2) is 13.5 Å². The summed E-state index contributed by atoms with van der Waals surface area (Å²) in [7, 11) is 0. The van der Waals surface area contributed by atoms with Gasteiger partial charge in [0, 0.05) is 0 Å². The Bertz CT molecular complexity index is 447. The lowest BCUT2D eigenvalue weighted by atomic mass is 9.80. The Balaban J connectivity index is 3.70. The third-order valence-corrected chi connectivity index (χ3v) is 6.45. The number of halogens is 6. The molecule has 0 radical (unpaired) electrons. The summed E-state index contributed by atoms with van der Waals surface area (Å²) in [6.45, 7) is 0.